The van der Waals surface area contributed by atoms with Gasteiger partial charge in [-0.1, -0.05) is 40.1 Å². The highest BCUT2D eigenvalue weighted by atomic mass is 32.3. The van der Waals surface area contributed by atoms with Gasteiger partial charge in [-0.2, -0.15) is 29.6 Å². The average Bonchev–Trinajstić information content (AvgIpc) is 2.43. The molecule has 11 nitrogen and oxygen atoms in total. The van der Waals surface area contributed by atoms with Crippen molar-refractivity contribution in [3.05, 3.63) is 42.5 Å². The molecule has 0 heterocycles. The third-order valence-electron chi connectivity index (χ3n) is 2.97. The second-order valence-electron chi connectivity index (χ2n) is 4.68. The van der Waals surface area contributed by atoms with E-state index in [-0.39, 0.29) is 9.69 Å². The SMILES string of the molecule is O=S(=O)(O)N(C(=S)N(S(=O)(=O)O)S(=O)(=O)O)c1cccc2ccccc12. The minimum Gasteiger partial charge on any atom is -0.269 e. The number of hydrogen-bond acceptors (Lipinski definition) is 7. The summed E-state index contributed by atoms with van der Waals surface area (Å²) < 4.78 is 94.9. The Bertz CT molecular complexity index is 1150. The number of hydrogen-bond donors (Lipinski definition) is 3. The Balaban J connectivity index is 2.83. The van der Waals surface area contributed by atoms with Crippen molar-refractivity contribution in [1.82, 2.24) is 3.71 Å². The summed E-state index contributed by atoms with van der Waals surface area (Å²) in [6.07, 6.45) is 0. The van der Waals surface area contributed by atoms with E-state index in [1.807, 2.05) is 0 Å². The molecule has 2 aromatic rings. The van der Waals surface area contributed by atoms with Gasteiger partial charge in [0.1, 0.15) is 0 Å². The summed E-state index contributed by atoms with van der Waals surface area (Å²) >= 11 is 4.52. The first-order valence-electron chi connectivity index (χ1n) is 6.29. The molecule has 2 aromatic carbocycles. The highest BCUT2D eigenvalue weighted by Gasteiger charge is 2.41. The standard InChI is InChI=1S/C11H10N2O9S4/c14-24(15,16)12(11(23)13(25(17,18)19)26(20,21)22)10-7-3-5-8-4-1-2-6-9(8)10/h1-7H,(H,14,15,16)(H,17,18,19)(H,20,21,22). The number of nitrogens with zero attached hydrogens (tertiary/aromatic N) is 2. The summed E-state index contributed by atoms with van der Waals surface area (Å²) in [6.45, 7) is 0. The first-order valence-corrected chi connectivity index (χ1v) is 10.9. The van der Waals surface area contributed by atoms with Crippen LogP contribution in [-0.2, 0) is 30.9 Å². The Morgan fingerprint density at radius 3 is 1.77 bits per heavy atom. The van der Waals surface area contributed by atoms with Gasteiger partial charge in [0.2, 0.25) is 5.11 Å². The lowest BCUT2D eigenvalue weighted by Gasteiger charge is -2.27. The summed E-state index contributed by atoms with van der Waals surface area (Å²) in [4.78, 5) is 0. The van der Waals surface area contributed by atoms with Crippen LogP contribution < -0.4 is 4.31 Å². The van der Waals surface area contributed by atoms with Gasteiger partial charge in [-0.3, -0.25) is 13.7 Å². The minimum absolute atomic E-state index is 0.139. The van der Waals surface area contributed by atoms with Crippen LogP contribution in [0.15, 0.2) is 42.5 Å². The van der Waals surface area contributed by atoms with Crippen LogP contribution in [0.1, 0.15) is 0 Å². The van der Waals surface area contributed by atoms with Crippen molar-refractivity contribution in [2.24, 2.45) is 0 Å². The first-order chi connectivity index (χ1) is 11.7. The Labute approximate surface area is 154 Å². The van der Waals surface area contributed by atoms with E-state index in [0.717, 1.165) is 6.07 Å². The van der Waals surface area contributed by atoms with E-state index in [0.29, 0.717) is 5.39 Å². The average molecular weight is 442 g/mol. The number of thiocarbonyl (C=S) groups is 1. The Hall–Kier alpha value is -1.88. The van der Waals surface area contributed by atoms with Crippen LogP contribution in [0.2, 0.25) is 0 Å². The second-order valence-corrected chi connectivity index (χ2v) is 9.05. The smallest absolute Gasteiger partial charge is 0.269 e. The predicted octanol–water partition coefficient (Wildman–Crippen LogP) is 0.642. The molecular weight excluding hydrogens is 432 g/mol. The molecule has 0 spiro atoms. The van der Waals surface area contributed by atoms with Gasteiger partial charge in [-0.25, -0.2) is 0 Å². The third-order valence-corrected chi connectivity index (χ3v) is 6.82. The van der Waals surface area contributed by atoms with E-state index in [1.54, 1.807) is 18.2 Å². The molecule has 3 N–H and O–H groups in total. The minimum atomic E-state index is -5.75. The van der Waals surface area contributed by atoms with E-state index in [4.69, 9.17) is 9.11 Å². The summed E-state index contributed by atoms with van der Waals surface area (Å²) in [5.41, 5.74) is -0.423. The van der Waals surface area contributed by atoms with Crippen molar-refractivity contribution < 1.29 is 38.9 Å². The number of rotatable bonds is 4. The van der Waals surface area contributed by atoms with Crippen molar-refractivity contribution in [2.75, 3.05) is 4.31 Å². The normalized spacial score (nSPS) is 12.7. The first kappa shape index (κ1) is 20.4. The molecule has 0 fully saturated rings. The fraction of sp³-hybridized carbons (Fsp3) is 0. The van der Waals surface area contributed by atoms with Gasteiger partial charge in [-0.15, -0.1) is 0 Å². The number of benzene rings is 2. The highest BCUT2D eigenvalue weighted by Crippen LogP contribution is 2.30. The second kappa shape index (κ2) is 6.69. The Morgan fingerprint density at radius 2 is 1.27 bits per heavy atom. The number of anilines is 1. The molecular formula is C11H10N2O9S4. The van der Waals surface area contributed by atoms with Crippen LogP contribution in [0.3, 0.4) is 0 Å². The Kier molecular flexibility index (Phi) is 5.26. The molecule has 15 heteroatoms. The fourth-order valence-corrected chi connectivity index (χ4v) is 5.35. The van der Waals surface area contributed by atoms with E-state index < -0.39 is 45.4 Å². The van der Waals surface area contributed by atoms with Crippen LogP contribution in [0.25, 0.3) is 10.8 Å². The maximum Gasteiger partial charge on any atom is 0.377 e. The van der Waals surface area contributed by atoms with Crippen molar-refractivity contribution in [3.8, 4) is 0 Å². The van der Waals surface area contributed by atoms with E-state index >= 15 is 0 Å². The lowest BCUT2D eigenvalue weighted by Crippen LogP contribution is -2.50. The fourth-order valence-electron chi connectivity index (χ4n) is 2.10. The van der Waals surface area contributed by atoms with E-state index in [9.17, 15) is 29.8 Å². The van der Waals surface area contributed by atoms with Gasteiger partial charge in [0.25, 0.3) is 0 Å². The van der Waals surface area contributed by atoms with Gasteiger partial charge in [0, 0.05) is 5.39 Å². The topological polar surface area (TPSA) is 170 Å². The Morgan fingerprint density at radius 1 is 0.769 bits per heavy atom. The summed E-state index contributed by atoms with van der Waals surface area (Å²) in [5, 5.41) is -1.07. The molecule has 0 saturated carbocycles. The van der Waals surface area contributed by atoms with Crippen molar-refractivity contribution in [2.45, 2.75) is 0 Å². The molecule has 0 aromatic heterocycles. The molecule has 0 bridgehead atoms. The van der Waals surface area contributed by atoms with Crippen molar-refractivity contribution in [1.29, 1.82) is 0 Å². The molecule has 0 atom stereocenters. The van der Waals surface area contributed by atoms with Gasteiger partial charge in [0.15, 0.2) is 0 Å². The van der Waals surface area contributed by atoms with Gasteiger partial charge in [0.05, 0.1) is 5.69 Å². The van der Waals surface area contributed by atoms with Crippen LogP contribution in [0, 0.1) is 0 Å². The zero-order valence-corrected chi connectivity index (χ0v) is 15.6. The quantitative estimate of drug-likeness (QED) is 0.451. The maximum absolute atomic E-state index is 11.8. The lowest BCUT2D eigenvalue weighted by molar-refractivity contribution is 0.422. The van der Waals surface area contributed by atoms with Crippen molar-refractivity contribution in [3.63, 3.8) is 0 Å². The molecule has 26 heavy (non-hydrogen) atoms. The summed E-state index contributed by atoms with van der Waals surface area (Å²) in [7, 11) is -16.9. The van der Waals surface area contributed by atoms with Crippen LogP contribution in [0.4, 0.5) is 5.69 Å². The molecule has 142 valence electrons. The molecule has 0 amide bonds. The molecule has 0 aliphatic carbocycles. The van der Waals surface area contributed by atoms with Gasteiger partial charge >= 0.3 is 30.9 Å². The van der Waals surface area contributed by atoms with Gasteiger partial charge in [-0.05, 0) is 23.7 Å². The third kappa shape index (κ3) is 4.09. The largest absolute Gasteiger partial charge is 0.377 e. The molecule has 0 unspecified atom stereocenters. The van der Waals surface area contributed by atoms with E-state index in [2.05, 4.69) is 12.2 Å². The zero-order valence-electron chi connectivity index (χ0n) is 12.4. The molecule has 0 saturated heterocycles. The maximum atomic E-state index is 11.8. The van der Waals surface area contributed by atoms with Crippen LogP contribution >= 0.6 is 12.2 Å². The van der Waals surface area contributed by atoms with Crippen LogP contribution in [-0.4, -0.2) is 47.7 Å². The summed E-state index contributed by atoms with van der Waals surface area (Å²) in [5.74, 6) is 0. The monoisotopic (exact) mass is 442 g/mol. The lowest BCUT2D eigenvalue weighted by atomic mass is 10.1. The van der Waals surface area contributed by atoms with Crippen LogP contribution in [0.5, 0.6) is 0 Å². The highest BCUT2D eigenvalue weighted by molar-refractivity contribution is 8.02. The molecule has 0 radical (unpaired) electrons. The van der Waals surface area contributed by atoms with Crippen molar-refractivity contribution >= 4 is 64.7 Å². The molecule has 2 rings (SSSR count). The zero-order chi connectivity index (χ0) is 19.9. The van der Waals surface area contributed by atoms with Gasteiger partial charge < -0.3 is 0 Å². The predicted molar refractivity (Wildman–Crippen MR) is 95.5 cm³/mol. The summed E-state index contributed by atoms with van der Waals surface area (Å²) in [6, 6.07) is 9.99. The van der Waals surface area contributed by atoms with E-state index in [1.165, 1.54) is 18.2 Å². The number of fused-ring (bicyclic) bond motifs is 1. The molecule has 0 aliphatic rings. The molecule has 0 aliphatic heterocycles.